The number of benzene rings is 1. The van der Waals surface area contributed by atoms with Crippen LogP contribution in [0.15, 0.2) is 22.7 Å². The van der Waals surface area contributed by atoms with Gasteiger partial charge in [0.2, 0.25) is 11.0 Å². The van der Waals surface area contributed by atoms with Gasteiger partial charge in [-0.1, -0.05) is 38.2 Å². The average molecular weight is 412 g/mol. The molecular weight excluding hydrogens is 390 g/mol. The van der Waals surface area contributed by atoms with Gasteiger partial charge < -0.3 is 10.1 Å². The van der Waals surface area contributed by atoms with E-state index < -0.39 is 0 Å². The Labute approximate surface area is 155 Å². The molecule has 0 bridgehead atoms. The van der Waals surface area contributed by atoms with Crippen LogP contribution in [0.25, 0.3) is 0 Å². The van der Waals surface area contributed by atoms with Crippen molar-refractivity contribution < 1.29 is 9.53 Å². The molecule has 0 saturated carbocycles. The van der Waals surface area contributed by atoms with Crippen molar-refractivity contribution in [3.8, 4) is 5.75 Å². The summed E-state index contributed by atoms with van der Waals surface area (Å²) in [7, 11) is 0. The summed E-state index contributed by atoms with van der Waals surface area (Å²) in [5.41, 5.74) is 1.34. The number of hydrogen-bond acceptors (Lipinski definition) is 5. The predicted octanol–water partition coefficient (Wildman–Crippen LogP) is 4.70. The fraction of sp³-hybridized carbons (Fsp3) is 0.471. The quantitative estimate of drug-likeness (QED) is 0.699. The maximum Gasteiger partial charge on any atom is 0.226 e. The largest absolute Gasteiger partial charge is 0.492 e. The summed E-state index contributed by atoms with van der Waals surface area (Å²) >= 11 is 4.91. The van der Waals surface area contributed by atoms with E-state index >= 15 is 0 Å². The molecule has 130 valence electrons. The number of halogens is 1. The second-order valence-electron chi connectivity index (χ2n) is 6.52. The van der Waals surface area contributed by atoms with E-state index in [0.29, 0.717) is 24.6 Å². The van der Waals surface area contributed by atoms with E-state index in [1.807, 2.05) is 13.0 Å². The van der Waals surface area contributed by atoms with Gasteiger partial charge in [-0.2, -0.15) is 0 Å². The zero-order valence-corrected chi connectivity index (χ0v) is 16.8. The number of carbonyl (C=O) groups is 1. The minimum absolute atomic E-state index is 0.0723. The fourth-order valence-corrected chi connectivity index (χ4v) is 3.13. The first-order valence-corrected chi connectivity index (χ1v) is 9.39. The first-order valence-electron chi connectivity index (χ1n) is 7.78. The summed E-state index contributed by atoms with van der Waals surface area (Å²) in [6.07, 6.45) is 1.02. The standard InChI is InChI=1S/C17H22BrN3O2S/c1-11-20-21-16(24-11)19-15(22)6-5-9-23-14-8-7-12(10-13(14)18)17(2,3)4/h7-8,10H,5-6,9H2,1-4H3,(H,19,21,22). The molecule has 24 heavy (non-hydrogen) atoms. The van der Waals surface area contributed by atoms with Gasteiger partial charge in [0, 0.05) is 6.42 Å². The molecule has 0 unspecified atom stereocenters. The number of rotatable bonds is 6. The summed E-state index contributed by atoms with van der Waals surface area (Å²) in [6.45, 7) is 8.86. The van der Waals surface area contributed by atoms with Crippen molar-refractivity contribution in [3.63, 3.8) is 0 Å². The van der Waals surface area contributed by atoms with Crippen LogP contribution >= 0.6 is 27.3 Å². The molecule has 0 radical (unpaired) electrons. The number of amides is 1. The molecule has 0 aliphatic carbocycles. The molecule has 1 heterocycles. The van der Waals surface area contributed by atoms with Crippen molar-refractivity contribution in [1.82, 2.24) is 10.2 Å². The number of carbonyl (C=O) groups excluding carboxylic acids is 1. The number of ether oxygens (including phenoxy) is 1. The highest BCUT2D eigenvalue weighted by Crippen LogP contribution is 2.31. The van der Waals surface area contributed by atoms with Gasteiger partial charge in [0.15, 0.2) is 0 Å². The van der Waals surface area contributed by atoms with Crippen LogP contribution in [0.1, 0.15) is 44.2 Å². The van der Waals surface area contributed by atoms with Crippen LogP contribution in [0, 0.1) is 6.92 Å². The molecule has 0 fully saturated rings. The fourth-order valence-electron chi connectivity index (χ4n) is 2.03. The van der Waals surface area contributed by atoms with Crippen molar-refractivity contribution >= 4 is 38.3 Å². The van der Waals surface area contributed by atoms with E-state index in [4.69, 9.17) is 4.74 Å². The maximum atomic E-state index is 11.8. The molecule has 0 aliphatic rings. The summed E-state index contributed by atoms with van der Waals surface area (Å²) in [5.74, 6) is 0.722. The van der Waals surface area contributed by atoms with Crippen molar-refractivity contribution in [3.05, 3.63) is 33.2 Å². The Balaban J connectivity index is 1.77. The van der Waals surface area contributed by atoms with Crippen LogP contribution < -0.4 is 10.1 Å². The third-order valence-corrected chi connectivity index (χ3v) is 4.75. The zero-order valence-electron chi connectivity index (χ0n) is 14.4. The summed E-state index contributed by atoms with van der Waals surface area (Å²) < 4.78 is 6.69. The van der Waals surface area contributed by atoms with Crippen LogP contribution in [0.4, 0.5) is 5.13 Å². The minimum atomic E-state index is -0.0723. The second kappa shape index (κ2) is 8.07. The lowest BCUT2D eigenvalue weighted by Crippen LogP contribution is -2.13. The Bertz CT molecular complexity index is 710. The highest BCUT2D eigenvalue weighted by molar-refractivity contribution is 9.10. The number of aryl methyl sites for hydroxylation is 1. The Morgan fingerprint density at radius 2 is 2.08 bits per heavy atom. The molecule has 2 rings (SSSR count). The van der Waals surface area contributed by atoms with Crippen LogP contribution in [-0.2, 0) is 10.2 Å². The van der Waals surface area contributed by atoms with Gasteiger partial charge in [0.05, 0.1) is 11.1 Å². The maximum absolute atomic E-state index is 11.8. The molecule has 1 aromatic carbocycles. The van der Waals surface area contributed by atoms with Crippen molar-refractivity contribution in [1.29, 1.82) is 0 Å². The van der Waals surface area contributed by atoms with Crippen molar-refractivity contribution in [2.75, 3.05) is 11.9 Å². The topological polar surface area (TPSA) is 64.1 Å². The van der Waals surface area contributed by atoms with Crippen LogP contribution in [0.5, 0.6) is 5.75 Å². The lowest BCUT2D eigenvalue weighted by molar-refractivity contribution is -0.116. The molecule has 1 amide bonds. The molecule has 2 aromatic rings. The van der Waals surface area contributed by atoms with Gasteiger partial charge in [-0.25, -0.2) is 0 Å². The van der Waals surface area contributed by atoms with Crippen LogP contribution in [0.3, 0.4) is 0 Å². The highest BCUT2D eigenvalue weighted by atomic mass is 79.9. The van der Waals surface area contributed by atoms with Crippen molar-refractivity contribution in [2.24, 2.45) is 0 Å². The number of aromatic nitrogens is 2. The number of nitrogens with zero attached hydrogens (tertiary/aromatic N) is 2. The lowest BCUT2D eigenvalue weighted by Gasteiger charge is -2.20. The van der Waals surface area contributed by atoms with Gasteiger partial charge in [0.25, 0.3) is 0 Å². The van der Waals surface area contributed by atoms with Gasteiger partial charge in [-0.05, 0) is 52.4 Å². The lowest BCUT2D eigenvalue weighted by atomic mass is 9.87. The first kappa shape index (κ1) is 18.9. The van der Waals surface area contributed by atoms with E-state index in [2.05, 4.69) is 64.3 Å². The second-order valence-corrected chi connectivity index (χ2v) is 8.56. The SMILES string of the molecule is Cc1nnc(NC(=O)CCCOc2ccc(C(C)(C)C)cc2Br)s1. The number of hydrogen-bond donors (Lipinski definition) is 1. The first-order chi connectivity index (χ1) is 11.3. The molecule has 0 saturated heterocycles. The van der Waals surface area contributed by atoms with E-state index in [-0.39, 0.29) is 11.3 Å². The van der Waals surface area contributed by atoms with E-state index in [9.17, 15) is 4.79 Å². The molecule has 0 atom stereocenters. The van der Waals surface area contributed by atoms with E-state index in [1.54, 1.807) is 0 Å². The summed E-state index contributed by atoms with van der Waals surface area (Å²) in [4.78, 5) is 11.8. The zero-order chi connectivity index (χ0) is 17.7. The predicted molar refractivity (Wildman–Crippen MR) is 101 cm³/mol. The highest BCUT2D eigenvalue weighted by Gasteiger charge is 2.15. The third kappa shape index (κ3) is 5.56. The van der Waals surface area contributed by atoms with E-state index in [0.717, 1.165) is 15.2 Å². The molecular formula is C17H22BrN3O2S. The van der Waals surface area contributed by atoms with Gasteiger partial charge in [-0.3, -0.25) is 4.79 Å². The molecule has 0 spiro atoms. The molecule has 1 aromatic heterocycles. The average Bonchev–Trinajstić information content (AvgIpc) is 2.89. The normalized spacial score (nSPS) is 11.4. The van der Waals surface area contributed by atoms with Gasteiger partial charge >= 0.3 is 0 Å². The Morgan fingerprint density at radius 1 is 1.33 bits per heavy atom. The van der Waals surface area contributed by atoms with Gasteiger partial charge in [0.1, 0.15) is 10.8 Å². The molecule has 1 N–H and O–H groups in total. The van der Waals surface area contributed by atoms with Crippen LogP contribution in [0.2, 0.25) is 0 Å². The smallest absolute Gasteiger partial charge is 0.226 e. The van der Waals surface area contributed by atoms with Crippen molar-refractivity contribution in [2.45, 2.75) is 46.0 Å². The third-order valence-electron chi connectivity index (χ3n) is 3.38. The Hall–Kier alpha value is -1.47. The molecule has 0 aliphatic heterocycles. The number of anilines is 1. The molecule has 7 heteroatoms. The Kier molecular flexibility index (Phi) is 6.34. The monoisotopic (exact) mass is 411 g/mol. The van der Waals surface area contributed by atoms with Gasteiger partial charge in [-0.15, -0.1) is 10.2 Å². The minimum Gasteiger partial charge on any atom is -0.492 e. The Morgan fingerprint density at radius 3 is 2.67 bits per heavy atom. The number of nitrogens with one attached hydrogen (secondary N) is 1. The van der Waals surface area contributed by atoms with Crippen LogP contribution in [-0.4, -0.2) is 22.7 Å². The van der Waals surface area contributed by atoms with E-state index in [1.165, 1.54) is 16.9 Å². The summed E-state index contributed by atoms with van der Waals surface area (Å²) in [5, 5.41) is 11.8. The molecule has 5 nitrogen and oxygen atoms in total. The summed E-state index contributed by atoms with van der Waals surface area (Å²) in [6, 6.07) is 6.12.